The zero-order chi connectivity index (χ0) is 17.0. The molecule has 1 heterocycles. The van der Waals surface area contributed by atoms with E-state index < -0.39 is 0 Å². The van der Waals surface area contributed by atoms with Crippen LogP contribution in [0.2, 0.25) is 0 Å². The van der Waals surface area contributed by atoms with Gasteiger partial charge in [-0.2, -0.15) is 0 Å². The number of thiophene rings is 1. The van der Waals surface area contributed by atoms with Crippen molar-refractivity contribution in [2.45, 2.75) is 19.9 Å². The van der Waals surface area contributed by atoms with Crippen molar-refractivity contribution in [3.05, 3.63) is 58.3 Å². The molecule has 0 saturated carbocycles. The Morgan fingerprint density at radius 3 is 2.54 bits per heavy atom. The highest BCUT2D eigenvalue weighted by Gasteiger charge is 2.04. The SMILES string of the molecule is CCNC(=NCc1ccccc1)NCCCNC(=O)c1cccs1. The number of aliphatic imine (C=N–C) groups is 1. The van der Waals surface area contributed by atoms with Crippen LogP contribution in [0.5, 0.6) is 0 Å². The molecule has 128 valence electrons. The lowest BCUT2D eigenvalue weighted by molar-refractivity contribution is 0.0957. The Bertz CT molecular complexity index is 626. The van der Waals surface area contributed by atoms with Gasteiger partial charge in [0.2, 0.25) is 0 Å². The summed E-state index contributed by atoms with van der Waals surface area (Å²) < 4.78 is 0. The van der Waals surface area contributed by atoms with E-state index in [-0.39, 0.29) is 5.91 Å². The van der Waals surface area contributed by atoms with E-state index in [0.29, 0.717) is 13.1 Å². The Kier molecular flexibility index (Phi) is 7.83. The normalized spacial score (nSPS) is 11.1. The van der Waals surface area contributed by atoms with Gasteiger partial charge in [-0.3, -0.25) is 4.79 Å². The molecule has 0 spiro atoms. The third-order valence-corrected chi connectivity index (χ3v) is 4.15. The molecule has 6 heteroatoms. The Morgan fingerprint density at radius 1 is 1.04 bits per heavy atom. The first-order valence-electron chi connectivity index (χ1n) is 8.17. The largest absolute Gasteiger partial charge is 0.357 e. The van der Waals surface area contributed by atoms with Gasteiger partial charge >= 0.3 is 0 Å². The van der Waals surface area contributed by atoms with Gasteiger partial charge in [0.05, 0.1) is 11.4 Å². The lowest BCUT2D eigenvalue weighted by atomic mass is 10.2. The molecule has 1 aromatic carbocycles. The molecular formula is C18H24N4OS. The number of rotatable bonds is 8. The van der Waals surface area contributed by atoms with E-state index in [4.69, 9.17) is 0 Å². The summed E-state index contributed by atoms with van der Waals surface area (Å²) in [6, 6.07) is 13.9. The van der Waals surface area contributed by atoms with E-state index >= 15 is 0 Å². The Morgan fingerprint density at radius 2 is 1.83 bits per heavy atom. The molecule has 0 aliphatic rings. The number of hydrogen-bond donors (Lipinski definition) is 3. The second-order valence-corrected chi connectivity index (χ2v) is 6.14. The van der Waals surface area contributed by atoms with Gasteiger partial charge in [0.1, 0.15) is 0 Å². The van der Waals surface area contributed by atoms with E-state index in [1.165, 1.54) is 16.9 Å². The van der Waals surface area contributed by atoms with Crippen molar-refractivity contribution in [3.63, 3.8) is 0 Å². The minimum atomic E-state index is -0.00495. The average molecular weight is 344 g/mol. The first-order valence-corrected chi connectivity index (χ1v) is 9.05. The van der Waals surface area contributed by atoms with Gasteiger partial charge in [0.15, 0.2) is 5.96 Å². The quantitative estimate of drug-likeness (QED) is 0.392. The second-order valence-electron chi connectivity index (χ2n) is 5.19. The number of guanidine groups is 1. The number of nitrogens with one attached hydrogen (secondary N) is 3. The second kappa shape index (κ2) is 10.4. The third-order valence-electron chi connectivity index (χ3n) is 3.28. The van der Waals surface area contributed by atoms with Gasteiger partial charge in [-0.15, -0.1) is 11.3 Å². The zero-order valence-corrected chi connectivity index (χ0v) is 14.7. The Balaban J connectivity index is 1.68. The van der Waals surface area contributed by atoms with Crippen LogP contribution in [-0.2, 0) is 6.54 Å². The van der Waals surface area contributed by atoms with Crippen molar-refractivity contribution in [3.8, 4) is 0 Å². The van der Waals surface area contributed by atoms with E-state index in [9.17, 15) is 4.79 Å². The van der Waals surface area contributed by atoms with Gasteiger partial charge in [0.25, 0.3) is 5.91 Å². The molecule has 0 atom stereocenters. The van der Waals surface area contributed by atoms with Crippen LogP contribution in [0.25, 0.3) is 0 Å². The zero-order valence-electron chi connectivity index (χ0n) is 13.9. The van der Waals surface area contributed by atoms with Crippen LogP contribution < -0.4 is 16.0 Å². The fourth-order valence-corrected chi connectivity index (χ4v) is 2.73. The fourth-order valence-electron chi connectivity index (χ4n) is 2.09. The summed E-state index contributed by atoms with van der Waals surface area (Å²) in [4.78, 5) is 17.1. The molecule has 5 nitrogen and oxygen atoms in total. The number of nitrogens with zero attached hydrogens (tertiary/aromatic N) is 1. The maximum absolute atomic E-state index is 11.8. The van der Waals surface area contributed by atoms with Crippen molar-refractivity contribution < 1.29 is 4.79 Å². The molecule has 1 amide bonds. The molecule has 0 fully saturated rings. The molecule has 3 N–H and O–H groups in total. The maximum Gasteiger partial charge on any atom is 0.261 e. The lowest BCUT2D eigenvalue weighted by Gasteiger charge is -2.11. The molecule has 0 unspecified atom stereocenters. The first kappa shape index (κ1) is 18.0. The average Bonchev–Trinajstić information content (AvgIpc) is 3.15. The van der Waals surface area contributed by atoms with Crippen molar-refractivity contribution in [2.75, 3.05) is 19.6 Å². The highest BCUT2D eigenvalue weighted by molar-refractivity contribution is 7.12. The van der Waals surface area contributed by atoms with Crippen molar-refractivity contribution >= 4 is 23.2 Å². The molecule has 24 heavy (non-hydrogen) atoms. The number of carbonyl (C=O) groups is 1. The molecule has 0 bridgehead atoms. The molecule has 2 rings (SSSR count). The molecule has 2 aromatic rings. The van der Waals surface area contributed by atoms with Crippen LogP contribution >= 0.6 is 11.3 Å². The summed E-state index contributed by atoms with van der Waals surface area (Å²) >= 11 is 1.45. The fraction of sp³-hybridized carbons (Fsp3) is 0.333. The van der Waals surface area contributed by atoms with Crippen LogP contribution in [0.4, 0.5) is 0 Å². The minimum absolute atomic E-state index is 0.00495. The van der Waals surface area contributed by atoms with Crippen LogP contribution in [-0.4, -0.2) is 31.5 Å². The van der Waals surface area contributed by atoms with E-state index in [0.717, 1.165) is 30.3 Å². The number of amides is 1. The minimum Gasteiger partial charge on any atom is -0.357 e. The first-order chi connectivity index (χ1) is 11.8. The van der Waals surface area contributed by atoms with Crippen molar-refractivity contribution in [1.29, 1.82) is 0 Å². The lowest BCUT2D eigenvalue weighted by Crippen LogP contribution is -2.38. The summed E-state index contributed by atoms with van der Waals surface area (Å²) in [5, 5.41) is 11.3. The van der Waals surface area contributed by atoms with E-state index in [1.807, 2.05) is 42.6 Å². The summed E-state index contributed by atoms with van der Waals surface area (Å²) in [5.74, 6) is 0.792. The molecule has 1 aromatic heterocycles. The monoisotopic (exact) mass is 344 g/mol. The van der Waals surface area contributed by atoms with Crippen molar-refractivity contribution in [1.82, 2.24) is 16.0 Å². The van der Waals surface area contributed by atoms with Crippen LogP contribution in [0.3, 0.4) is 0 Å². The molecule has 0 saturated heterocycles. The standard InChI is InChI=1S/C18H24N4OS/c1-2-19-18(22-14-15-8-4-3-5-9-15)21-12-7-11-20-17(23)16-10-6-13-24-16/h3-6,8-10,13H,2,7,11-12,14H2,1H3,(H,20,23)(H2,19,21,22). The topological polar surface area (TPSA) is 65.5 Å². The summed E-state index contributed by atoms with van der Waals surface area (Å²) in [5.41, 5.74) is 1.18. The van der Waals surface area contributed by atoms with Gasteiger partial charge in [-0.05, 0) is 30.4 Å². The molecule has 0 aliphatic carbocycles. The maximum atomic E-state index is 11.8. The van der Waals surface area contributed by atoms with Crippen LogP contribution in [0.1, 0.15) is 28.6 Å². The Labute approximate surface area is 147 Å². The number of hydrogen-bond acceptors (Lipinski definition) is 3. The molecule has 0 aliphatic heterocycles. The van der Waals surface area contributed by atoms with E-state index in [2.05, 4.69) is 33.1 Å². The number of benzene rings is 1. The smallest absolute Gasteiger partial charge is 0.261 e. The summed E-state index contributed by atoms with van der Waals surface area (Å²) in [7, 11) is 0. The van der Waals surface area contributed by atoms with Gasteiger partial charge in [0, 0.05) is 19.6 Å². The van der Waals surface area contributed by atoms with Crippen LogP contribution in [0, 0.1) is 0 Å². The van der Waals surface area contributed by atoms with Crippen LogP contribution in [0.15, 0.2) is 52.8 Å². The van der Waals surface area contributed by atoms with Gasteiger partial charge < -0.3 is 16.0 Å². The molecule has 0 radical (unpaired) electrons. The predicted octanol–water partition coefficient (Wildman–Crippen LogP) is 2.62. The van der Waals surface area contributed by atoms with Gasteiger partial charge in [-0.25, -0.2) is 4.99 Å². The van der Waals surface area contributed by atoms with Gasteiger partial charge in [-0.1, -0.05) is 36.4 Å². The number of carbonyl (C=O) groups excluding carboxylic acids is 1. The highest BCUT2D eigenvalue weighted by atomic mass is 32.1. The summed E-state index contributed by atoms with van der Waals surface area (Å²) in [6.45, 7) is 4.90. The predicted molar refractivity (Wildman–Crippen MR) is 101 cm³/mol. The van der Waals surface area contributed by atoms with Crippen molar-refractivity contribution in [2.24, 2.45) is 4.99 Å². The summed E-state index contributed by atoms with van der Waals surface area (Å²) in [6.07, 6.45) is 0.840. The Hall–Kier alpha value is -2.34. The van der Waals surface area contributed by atoms with E-state index in [1.54, 1.807) is 0 Å². The highest BCUT2D eigenvalue weighted by Crippen LogP contribution is 2.07. The molecular weight excluding hydrogens is 320 g/mol. The third kappa shape index (κ3) is 6.42.